The Labute approximate surface area is 111 Å². The van der Waals surface area contributed by atoms with Crippen molar-refractivity contribution in [3.05, 3.63) is 35.5 Å². The molecule has 0 aliphatic carbocycles. The highest BCUT2D eigenvalue weighted by atomic mass is 32.2. The SMILES string of the molecule is CN1C(N)=NC(=O)/C1=C\c1ccc(S(C)(=O)=O)cc1. The first-order valence-electron chi connectivity index (χ1n) is 5.43. The minimum absolute atomic E-state index is 0.143. The maximum absolute atomic E-state index is 11.6. The van der Waals surface area contributed by atoms with Crippen molar-refractivity contribution in [3.63, 3.8) is 0 Å². The summed E-state index contributed by atoms with van der Waals surface area (Å²) in [7, 11) is -1.58. The van der Waals surface area contributed by atoms with Crippen LogP contribution in [0.5, 0.6) is 0 Å². The molecule has 0 radical (unpaired) electrons. The number of amides is 1. The molecule has 2 rings (SSSR count). The highest BCUT2D eigenvalue weighted by Crippen LogP contribution is 2.17. The van der Waals surface area contributed by atoms with Gasteiger partial charge in [-0.3, -0.25) is 4.79 Å². The summed E-state index contributed by atoms with van der Waals surface area (Å²) >= 11 is 0. The van der Waals surface area contributed by atoms with Gasteiger partial charge in [0.25, 0.3) is 5.91 Å². The Kier molecular flexibility index (Phi) is 3.15. The fourth-order valence-corrected chi connectivity index (χ4v) is 2.26. The first kappa shape index (κ1) is 13.3. The summed E-state index contributed by atoms with van der Waals surface area (Å²) in [6, 6.07) is 6.23. The minimum Gasteiger partial charge on any atom is -0.369 e. The van der Waals surface area contributed by atoms with E-state index in [1.807, 2.05) is 0 Å². The molecule has 2 N–H and O–H groups in total. The molecule has 0 aromatic heterocycles. The predicted octanol–water partition coefficient (Wildman–Crippen LogP) is 0.218. The van der Waals surface area contributed by atoms with Gasteiger partial charge in [0, 0.05) is 13.3 Å². The number of sulfone groups is 1. The van der Waals surface area contributed by atoms with Gasteiger partial charge in [-0.1, -0.05) is 12.1 Å². The second-order valence-electron chi connectivity index (χ2n) is 4.20. The maximum Gasteiger partial charge on any atom is 0.296 e. The number of carbonyl (C=O) groups is 1. The van der Waals surface area contributed by atoms with E-state index in [1.165, 1.54) is 17.0 Å². The van der Waals surface area contributed by atoms with Gasteiger partial charge in [0.1, 0.15) is 5.70 Å². The van der Waals surface area contributed by atoms with Crippen LogP contribution in [0.2, 0.25) is 0 Å². The smallest absolute Gasteiger partial charge is 0.296 e. The van der Waals surface area contributed by atoms with Gasteiger partial charge >= 0.3 is 0 Å². The van der Waals surface area contributed by atoms with E-state index in [-0.39, 0.29) is 10.9 Å². The Hall–Kier alpha value is -2.15. The van der Waals surface area contributed by atoms with Gasteiger partial charge in [-0.05, 0) is 23.8 Å². The second kappa shape index (κ2) is 4.51. The molecule has 1 aliphatic rings. The van der Waals surface area contributed by atoms with Crippen LogP contribution in [0.4, 0.5) is 0 Å². The number of hydrogen-bond donors (Lipinski definition) is 1. The number of guanidine groups is 1. The summed E-state index contributed by atoms with van der Waals surface area (Å²) in [4.78, 5) is 16.9. The Morgan fingerprint density at radius 3 is 2.26 bits per heavy atom. The van der Waals surface area contributed by atoms with E-state index in [1.54, 1.807) is 25.3 Å². The Balaban J connectivity index is 2.33. The number of rotatable bonds is 2. The molecule has 1 aliphatic heterocycles. The zero-order chi connectivity index (χ0) is 14.2. The fraction of sp³-hybridized carbons (Fsp3) is 0.167. The maximum atomic E-state index is 11.6. The van der Waals surface area contributed by atoms with E-state index in [9.17, 15) is 13.2 Å². The van der Waals surface area contributed by atoms with Crippen molar-refractivity contribution in [3.8, 4) is 0 Å². The molecule has 0 saturated heterocycles. The lowest BCUT2D eigenvalue weighted by Gasteiger charge is -2.11. The number of hydrogen-bond acceptors (Lipinski definition) is 5. The van der Waals surface area contributed by atoms with Crippen LogP contribution in [0, 0.1) is 0 Å². The molecule has 1 heterocycles. The minimum atomic E-state index is -3.22. The average molecular weight is 279 g/mol. The molecule has 0 spiro atoms. The zero-order valence-corrected chi connectivity index (χ0v) is 11.3. The van der Waals surface area contributed by atoms with Gasteiger partial charge in [-0.2, -0.15) is 4.99 Å². The largest absolute Gasteiger partial charge is 0.369 e. The molecule has 0 atom stereocenters. The topological polar surface area (TPSA) is 92.8 Å². The lowest BCUT2D eigenvalue weighted by molar-refractivity contribution is -0.114. The Morgan fingerprint density at radius 1 is 1.26 bits per heavy atom. The van der Waals surface area contributed by atoms with Crippen LogP contribution in [0.15, 0.2) is 39.9 Å². The van der Waals surface area contributed by atoms with E-state index in [0.717, 1.165) is 6.26 Å². The van der Waals surface area contributed by atoms with E-state index in [0.29, 0.717) is 11.3 Å². The van der Waals surface area contributed by atoms with Crippen molar-refractivity contribution in [2.45, 2.75) is 4.90 Å². The number of aliphatic imine (C=N–C) groups is 1. The molecule has 0 fully saturated rings. The van der Waals surface area contributed by atoms with Crippen molar-refractivity contribution < 1.29 is 13.2 Å². The third kappa shape index (κ3) is 2.65. The van der Waals surface area contributed by atoms with Crippen LogP contribution in [-0.4, -0.2) is 38.5 Å². The van der Waals surface area contributed by atoms with Gasteiger partial charge in [-0.25, -0.2) is 8.42 Å². The molecular formula is C12H13N3O3S. The van der Waals surface area contributed by atoms with E-state index < -0.39 is 15.7 Å². The predicted molar refractivity (Wildman–Crippen MR) is 71.9 cm³/mol. The zero-order valence-electron chi connectivity index (χ0n) is 10.5. The summed E-state index contributed by atoms with van der Waals surface area (Å²) in [6.07, 6.45) is 2.75. The summed E-state index contributed by atoms with van der Waals surface area (Å²) in [6.45, 7) is 0. The standard InChI is InChI=1S/C12H13N3O3S/c1-15-10(11(16)14-12(15)13)7-8-3-5-9(6-4-8)19(2,17)18/h3-7H,1-2H3,(H2,13,14,16)/b10-7+. The lowest BCUT2D eigenvalue weighted by Crippen LogP contribution is -2.28. The van der Waals surface area contributed by atoms with Gasteiger partial charge < -0.3 is 10.6 Å². The quantitative estimate of drug-likeness (QED) is 0.782. The lowest BCUT2D eigenvalue weighted by atomic mass is 10.2. The van der Waals surface area contributed by atoms with Crippen LogP contribution in [-0.2, 0) is 14.6 Å². The molecule has 19 heavy (non-hydrogen) atoms. The summed E-state index contributed by atoms with van der Waals surface area (Å²) in [5.41, 5.74) is 6.58. The Bertz CT molecular complexity index is 687. The first-order chi connectivity index (χ1) is 8.79. The molecule has 6 nitrogen and oxygen atoms in total. The number of nitrogens with zero attached hydrogens (tertiary/aromatic N) is 2. The number of carbonyl (C=O) groups excluding carboxylic acids is 1. The van der Waals surface area contributed by atoms with E-state index in [4.69, 9.17) is 5.73 Å². The monoisotopic (exact) mass is 279 g/mol. The van der Waals surface area contributed by atoms with Gasteiger partial charge in [-0.15, -0.1) is 0 Å². The first-order valence-corrected chi connectivity index (χ1v) is 7.32. The van der Waals surface area contributed by atoms with Crippen LogP contribution < -0.4 is 5.73 Å². The van der Waals surface area contributed by atoms with Crippen molar-refractivity contribution >= 4 is 27.8 Å². The summed E-state index contributed by atoms with van der Waals surface area (Å²) in [5, 5.41) is 0. The molecule has 0 saturated carbocycles. The third-order valence-electron chi connectivity index (χ3n) is 2.75. The molecule has 7 heteroatoms. The fourth-order valence-electron chi connectivity index (χ4n) is 1.63. The van der Waals surface area contributed by atoms with Gasteiger partial charge in [0.05, 0.1) is 4.90 Å². The average Bonchev–Trinajstić information content (AvgIpc) is 2.56. The number of benzene rings is 1. The summed E-state index contributed by atoms with van der Waals surface area (Å²) < 4.78 is 22.6. The van der Waals surface area contributed by atoms with E-state index in [2.05, 4.69) is 4.99 Å². The number of likely N-dealkylation sites (N-methyl/N-ethyl adjacent to an activating group) is 1. The number of nitrogens with two attached hydrogens (primary N) is 1. The molecule has 1 aromatic carbocycles. The molecular weight excluding hydrogens is 266 g/mol. The van der Waals surface area contributed by atoms with Crippen molar-refractivity contribution in [2.24, 2.45) is 10.7 Å². The van der Waals surface area contributed by atoms with Crippen molar-refractivity contribution in [1.29, 1.82) is 0 Å². The van der Waals surface area contributed by atoms with Crippen LogP contribution >= 0.6 is 0 Å². The van der Waals surface area contributed by atoms with Gasteiger partial charge in [0.2, 0.25) is 5.96 Å². The molecule has 1 amide bonds. The van der Waals surface area contributed by atoms with Crippen LogP contribution in [0.25, 0.3) is 6.08 Å². The highest BCUT2D eigenvalue weighted by Gasteiger charge is 2.23. The van der Waals surface area contributed by atoms with Crippen molar-refractivity contribution in [1.82, 2.24) is 4.90 Å². The normalized spacial score (nSPS) is 18.0. The van der Waals surface area contributed by atoms with Gasteiger partial charge in [0.15, 0.2) is 9.84 Å². The molecule has 0 bridgehead atoms. The molecule has 1 aromatic rings. The molecule has 100 valence electrons. The van der Waals surface area contributed by atoms with Crippen molar-refractivity contribution in [2.75, 3.05) is 13.3 Å². The highest BCUT2D eigenvalue weighted by molar-refractivity contribution is 7.90. The molecule has 0 unspecified atom stereocenters. The third-order valence-corrected chi connectivity index (χ3v) is 3.88. The van der Waals surface area contributed by atoms with E-state index >= 15 is 0 Å². The van der Waals surface area contributed by atoms with Crippen LogP contribution in [0.1, 0.15) is 5.56 Å². The summed E-state index contributed by atoms with van der Waals surface area (Å²) in [5.74, 6) is -0.267. The Morgan fingerprint density at radius 2 is 1.84 bits per heavy atom. The second-order valence-corrected chi connectivity index (χ2v) is 6.22. The van der Waals surface area contributed by atoms with Crippen LogP contribution in [0.3, 0.4) is 0 Å².